The fraction of sp³-hybridized carbons (Fsp3) is 0.500. The zero-order chi connectivity index (χ0) is 15.3. The lowest BCUT2D eigenvalue weighted by atomic mass is 9.84. The van der Waals surface area contributed by atoms with Crippen molar-refractivity contribution in [3.8, 4) is 11.5 Å². The van der Waals surface area contributed by atoms with Crippen LogP contribution in [-0.2, 0) is 6.54 Å². The Balaban J connectivity index is 1.83. The molecule has 1 aromatic heterocycles. The zero-order valence-corrected chi connectivity index (χ0v) is 13.4. The van der Waals surface area contributed by atoms with E-state index in [1.165, 1.54) is 19.3 Å². The van der Waals surface area contributed by atoms with Crippen LogP contribution in [-0.4, -0.2) is 21.3 Å². The van der Waals surface area contributed by atoms with Gasteiger partial charge in [0.15, 0.2) is 11.5 Å². The van der Waals surface area contributed by atoms with Crippen LogP contribution in [0.15, 0.2) is 12.1 Å². The number of aromatic nitrogens is 2. The Morgan fingerprint density at radius 3 is 2.77 bits per heavy atom. The minimum Gasteiger partial charge on any atom is -0.454 e. The first-order valence-corrected chi connectivity index (χ1v) is 8.13. The average molecular weight is 317 g/mol. The molecule has 1 aromatic carbocycles. The van der Waals surface area contributed by atoms with Crippen LogP contribution in [0.3, 0.4) is 0 Å². The van der Waals surface area contributed by atoms with Crippen LogP contribution in [0.4, 0.5) is 0 Å². The fourth-order valence-electron chi connectivity index (χ4n) is 3.07. The van der Waals surface area contributed by atoms with Gasteiger partial charge in [-0.2, -0.15) is 0 Å². The number of benzene rings is 1. The normalized spacial score (nSPS) is 18.4. The summed E-state index contributed by atoms with van der Waals surface area (Å²) >= 11 is 5.14. The van der Waals surface area contributed by atoms with Crippen LogP contribution in [0.25, 0.3) is 11.0 Å². The molecule has 1 aliphatic carbocycles. The SMILES string of the molecule is CC(Cn1c(C2CCC2)nc2cc3c(cc21)OCO3)C(N)=S. The third-order valence-corrected chi connectivity index (χ3v) is 5.09. The highest BCUT2D eigenvalue weighted by Gasteiger charge is 2.28. The number of fused-ring (bicyclic) bond motifs is 2. The number of nitrogens with two attached hydrogens (primary N) is 1. The third-order valence-electron chi connectivity index (χ3n) is 4.68. The molecule has 4 rings (SSSR count). The summed E-state index contributed by atoms with van der Waals surface area (Å²) in [5, 5.41) is 0. The van der Waals surface area contributed by atoms with Gasteiger partial charge >= 0.3 is 0 Å². The van der Waals surface area contributed by atoms with Gasteiger partial charge in [0.2, 0.25) is 6.79 Å². The lowest BCUT2D eigenvalue weighted by Crippen LogP contribution is -2.25. The lowest BCUT2D eigenvalue weighted by molar-refractivity contribution is 0.174. The molecule has 5 nitrogen and oxygen atoms in total. The van der Waals surface area contributed by atoms with Gasteiger partial charge in [-0.15, -0.1) is 0 Å². The highest BCUT2D eigenvalue weighted by Crippen LogP contribution is 2.41. The second kappa shape index (κ2) is 5.12. The molecule has 1 atom stereocenters. The Morgan fingerprint density at radius 2 is 2.14 bits per heavy atom. The highest BCUT2D eigenvalue weighted by molar-refractivity contribution is 7.80. The van der Waals surface area contributed by atoms with E-state index < -0.39 is 0 Å². The van der Waals surface area contributed by atoms with Crippen LogP contribution in [0.1, 0.15) is 37.9 Å². The van der Waals surface area contributed by atoms with E-state index in [1.54, 1.807) is 0 Å². The number of hydrogen-bond donors (Lipinski definition) is 1. The quantitative estimate of drug-likeness (QED) is 0.879. The predicted octanol–water partition coefficient (Wildman–Crippen LogP) is 2.95. The van der Waals surface area contributed by atoms with Crippen LogP contribution >= 0.6 is 12.2 Å². The molecule has 116 valence electrons. The molecule has 0 bridgehead atoms. The summed E-state index contributed by atoms with van der Waals surface area (Å²) in [6.45, 7) is 3.10. The van der Waals surface area contributed by atoms with E-state index in [0.29, 0.717) is 10.9 Å². The molecule has 0 radical (unpaired) electrons. The Bertz CT molecular complexity index is 751. The van der Waals surface area contributed by atoms with Crippen molar-refractivity contribution < 1.29 is 9.47 Å². The van der Waals surface area contributed by atoms with Crippen molar-refractivity contribution in [2.75, 3.05) is 6.79 Å². The van der Waals surface area contributed by atoms with Crippen molar-refractivity contribution >= 4 is 28.2 Å². The summed E-state index contributed by atoms with van der Waals surface area (Å²) in [6, 6.07) is 4.00. The van der Waals surface area contributed by atoms with Gasteiger partial charge in [-0.25, -0.2) is 4.98 Å². The van der Waals surface area contributed by atoms with Crippen LogP contribution in [0.5, 0.6) is 11.5 Å². The summed E-state index contributed by atoms with van der Waals surface area (Å²) in [4.78, 5) is 5.41. The Labute approximate surface area is 134 Å². The monoisotopic (exact) mass is 317 g/mol. The minimum atomic E-state index is 0.136. The Kier molecular flexibility index (Phi) is 3.22. The van der Waals surface area contributed by atoms with Gasteiger partial charge in [0, 0.05) is 30.5 Å². The molecule has 1 unspecified atom stereocenters. The van der Waals surface area contributed by atoms with E-state index in [9.17, 15) is 0 Å². The topological polar surface area (TPSA) is 62.3 Å². The molecule has 2 N–H and O–H groups in total. The summed E-state index contributed by atoms with van der Waals surface area (Å²) in [5.74, 6) is 3.39. The van der Waals surface area contributed by atoms with Crippen molar-refractivity contribution in [3.63, 3.8) is 0 Å². The van der Waals surface area contributed by atoms with Crippen LogP contribution < -0.4 is 15.2 Å². The molecule has 22 heavy (non-hydrogen) atoms. The minimum absolute atomic E-state index is 0.136. The fourth-order valence-corrected chi connectivity index (χ4v) is 3.14. The van der Waals surface area contributed by atoms with Gasteiger partial charge in [-0.1, -0.05) is 25.6 Å². The van der Waals surface area contributed by atoms with E-state index in [2.05, 4.69) is 11.5 Å². The number of hydrogen-bond acceptors (Lipinski definition) is 4. The van der Waals surface area contributed by atoms with Crippen molar-refractivity contribution in [2.45, 2.75) is 38.6 Å². The molecule has 1 aliphatic heterocycles. The van der Waals surface area contributed by atoms with Crippen molar-refractivity contribution in [2.24, 2.45) is 11.7 Å². The van der Waals surface area contributed by atoms with Crippen molar-refractivity contribution in [1.29, 1.82) is 0 Å². The summed E-state index contributed by atoms with van der Waals surface area (Å²) in [5.41, 5.74) is 7.85. The van der Waals surface area contributed by atoms with E-state index in [1.807, 2.05) is 12.1 Å². The molecule has 0 spiro atoms. The molecule has 2 aromatic rings. The Morgan fingerprint density at radius 1 is 1.41 bits per heavy atom. The first-order chi connectivity index (χ1) is 10.6. The van der Waals surface area contributed by atoms with Gasteiger partial charge in [0.05, 0.1) is 16.0 Å². The van der Waals surface area contributed by atoms with Crippen LogP contribution in [0.2, 0.25) is 0 Å². The van der Waals surface area contributed by atoms with Crippen molar-refractivity contribution in [1.82, 2.24) is 9.55 Å². The largest absolute Gasteiger partial charge is 0.454 e. The van der Waals surface area contributed by atoms with Gasteiger partial charge in [-0.3, -0.25) is 0 Å². The molecule has 1 fully saturated rings. The molecule has 0 saturated heterocycles. The smallest absolute Gasteiger partial charge is 0.231 e. The maximum absolute atomic E-state index is 5.81. The molecular weight excluding hydrogens is 298 g/mol. The summed E-state index contributed by atoms with van der Waals surface area (Å²) in [6.07, 6.45) is 3.69. The number of rotatable bonds is 4. The van der Waals surface area contributed by atoms with Gasteiger partial charge in [-0.05, 0) is 12.8 Å². The molecule has 1 saturated carbocycles. The second-order valence-electron chi connectivity index (χ2n) is 6.21. The summed E-state index contributed by atoms with van der Waals surface area (Å²) < 4.78 is 13.2. The first kappa shape index (κ1) is 13.8. The maximum Gasteiger partial charge on any atom is 0.231 e. The molecule has 2 heterocycles. The second-order valence-corrected chi connectivity index (χ2v) is 6.68. The molecule has 6 heteroatoms. The Hall–Kier alpha value is -1.82. The van der Waals surface area contributed by atoms with E-state index in [4.69, 9.17) is 32.4 Å². The zero-order valence-electron chi connectivity index (χ0n) is 12.5. The molecule has 0 amide bonds. The predicted molar refractivity (Wildman–Crippen MR) is 88.4 cm³/mol. The van der Waals surface area contributed by atoms with E-state index >= 15 is 0 Å². The van der Waals surface area contributed by atoms with E-state index in [0.717, 1.165) is 34.9 Å². The highest BCUT2D eigenvalue weighted by atomic mass is 32.1. The molecule has 2 aliphatic rings. The standard InChI is InChI=1S/C16H19N3O2S/c1-9(15(17)22)7-19-12-6-14-13(20-8-21-14)5-11(12)18-16(19)10-3-2-4-10/h5-6,9-10H,2-4,7-8H2,1H3,(H2,17,22). The molecular formula is C16H19N3O2S. The van der Waals surface area contributed by atoms with Crippen LogP contribution in [0, 0.1) is 5.92 Å². The number of ether oxygens (including phenoxy) is 2. The maximum atomic E-state index is 5.81. The number of nitrogens with zero attached hydrogens (tertiary/aromatic N) is 2. The summed E-state index contributed by atoms with van der Waals surface area (Å²) in [7, 11) is 0. The third kappa shape index (κ3) is 2.13. The van der Waals surface area contributed by atoms with Gasteiger partial charge in [0.1, 0.15) is 5.82 Å². The van der Waals surface area contributed by atoms with E-state index in [-0.39, 0.29) is 12.7 Å². The van der Waals surface area contributed by atoms with Crippen molar-refractivity contribution in [3.05, 3.63) is 18.0 Å². The lowest BCUT2D eigenvalue weighted by Gasteiger charge is -2.26. The number of imidazole rings is 1. The first-order valence-electron chi connectivity index (χ1n) is 7.72. The van der Waals surface area contributed by atoms with Gasteiger partial charge in [0.25, 0.3) is 0 Å². The number of thiocarbonyl (C=S) groups is 1. The average Bonchev–Trinajstić information content (AvgIpc) is 2.99. The van der Waals surface area contributed by atoms with Gasteiger partial charge < -0.3 is 19.8 Å².